The van der Waals surface area contributed by atoms with Gasteiger partial charge in [-0.15, -0.1) is 0 Å². The molecule has 0 spiro atoms. The van der Waals surface area contributed by atoms with E-state index in [1.165, 1.54) is 4.90 Å². The number of aliphatic hydroxyl groups excluding tert-OH is 1. The number of carbonyl (C=O) groups is 2. The molecule has 36 heavy (non-hydrogen) atoms. The first-order valence-corrected chi connectivity index (χ1v) is 11.9. The second kappa shape index (κ2) is 9.41. The van der Waals surface area contributed by atoms with E-state index in [4.69, 9.17) is 14.2 Å². The molecule has 2 aliphatic rings. The number of nitrogens with zero attached hydrogens (tertiary/aromatic N) is 1. The first-order valence-electron chi connectivity index (χ1n) is 11.9. The van der Waals surface area contributed by atoms with Crippen LogP contribution in [0.4, 0.5) is 5.69 Å². The van der Waals surface area contributed by atoms with Crippen LogP contribution in [0, 0.1) is 0 Å². The Hall–Kier alpha value is -4.26. The average molecular weight is 486 g/mol. The largest absolute Gasteiger partial charge is 0.507 e. The van der Waals surface area contributed by atoms with Crippen molar-refractivity contribution in [2.75, 3.05) is 18.3 Å². The van der Waals surface area contributed by atoms with Crippen LogP contribution in [0.1, 0.15) is 49.4 Å². The Balaban J connectivity index is 1.68. The van der Waals surface area contributed by atoms with Crippen molar-refractivity contribution < 1.29 is 28.9 Å². The summed E-state index contributed by atoms with van der Waals surface area (Å²) < 4.78 is 16.6. The second-order valence-electron chi connectivity index (χ2n) is 8.96. The van der Waals surface area contributed by atoms with E-state index in [-0.39, 0.29) is 24.0 Å². The standard InChI is InChI=1S/C29H27NO6/c1-4-34-22-12-10-19(14-21(22)17(2)3)27(31)25-26(18-8-6-5-7-9-18)30(29(33)28(25)32)20-11-13-23-24(15-20)36-16-35-23/h5-15,17,26,31H,4,16H2,1-3H3/b27-25+. The number of rotatable bonds is 6. The van der Waals surface area contributed by atoms with Crippen molar-refractivity contribution in [3.05, 3.63) is 89.0 Å². The third-order valence-corrected chi connectivity index (χ3v) is 6.40. The van der Waals surface area contributed by atoms with E-state index in [2.05, 4.69) is 0 Å². The highest BCUT2D eigenvalue weighted by atomic mass is 16.7. The molecule has 3 aromatic carbocycles. The number of ether oxygens (including phenoxy) is 3. The molecule has 1 amide bonds. The number of carbonyl (C=O) groups excluding carboxylic acids is 2. The molecular weight excluding hydrogens is 458 g/mol. The SMILES string of the molecule is CCOc1ccc(/C(O)=C2\C(=O)C(=O)N(c3ccc4c(c3)OCO4)C2c2ccccc2)cc1C(C)C. The van der Waals surface area contributed by atoms with Gasteiger partial charge in [0.25, 0.3) is 11.7 Å². The predicted molar refractivity (Wildman–Crippen MR) is 135 cm³/mol. The smallest absolute Gasteiger partial charge is 0.300 e. The van der Waals surface area contributed by atoms with Crippen LogP contribution in [-0.4, -0.2) is 30.2 Å². The second-order valence-corrected chi connectivity index (χ2v) is 8.96. The maximum absolute atomic E-state index is 13.4. The van der Waals surface area contributed by atoms with E-state index < -0.39 is 17.7 Å². The molecule has 7 nitrogen and oxygen atoms in total. The lowest BCUT2D eigenvalue weighted by atomic mass is 9.93. The Kier molecular flexibility index (Phi) is 6.14. The molecule has 1 saturated heterocycles. The van der Waals surface area contributed by atoms with Crippen LogP contribution in [0.5, 0.6) is 17.2 Å². The van der Waals surface area contributed by atoms with Gasteiger partial charge in [0.2, 0.25) is 6.79 Å². The fraction of sp³-hybridized carbons (Fsp3) is 0.241. The molecule has 1 atom stereocenters. The van der Waals surface area contributed by atoms with Crippen molar-refractivity contribution in [3.8, 4) is 17.2 Å². The number of fused-ring (bicyclic) bond motifs is 1. The molecule has 1 fully saturated rings. The molecule has 2 heterocycles. The van der Waals surface area contributed by atoms with Gasteiger partial charge in [-0.05, 0) is 54.3 Å². The normalized spacial score (nSPS) is 18.2. The molecule has 184 valence electrons. The van der Waals surface area contributed by atoms with Crippen LogP contribution in [0.3, 0.4) is 0 Å². The van der Waals surface area contributed by atoms with Crippen LogP contribution in [0.2, 0.25) is 0 Å². The summed E-state index contributed by atoms with van der Waals surface area (Å²) in [6.07, 6.45) is 0. The molecule has 0 bridgehead atoms. The molecule has 7 heteroatoms. The van der Waals surface area contributed by atoms with Crippen molar-refractivity contribution in [1.29, 1.82) is 0 Å². The number of aliphatic hydroxyl groups is 1. The number of benzene rings is 3. The molecular formula is C29H27NO6. The molecule has 0 saturated carbocycles. The summed E-state index contributed by atoms with van der Waals surface area (Å²) >= 11 is 0. The molecule has 0 radical (unpaired) electrons. The van der Waals surface area contributed by atoms with E-state index in [9.17, 15) is 14.7 Å². The van der Waals surface area contributed by atoms with Gasteiger partial charge in [0.1, 0.15) is 11.5 Å². The summed E-state index contributed by atoms with van der Waals surface area (Å²) in [4.78, 5) is 28.2. The first-order chi connectivity index (χ1) is 17.4. The van der Waals surface area contributed by atoms with E-state index in [0.29, 0.717) is 34.9 Å². The van der Waals surface area contributed by atoms with Gasteiger partial charge in [-0.1, -0.05) is 44.2 Å². The summed E-state index contributed by atoms with van der Waals surface area (Å²) in [5.41, 5.74) is 2.56. The van der Waals surface area contributed by atoms with Crippen LogP contribution >= 0.6 is 0 Å². The topological polar surface area (TPSA) is 85.3 Å². The number of Topliss-reactive ketones (excluding diaryl/α,β-unsaturated/α-hetero) is 1. The maximum atomic E-state index is 13.4. The summed E-state index contributed by atoms with van der Waals surface area (Å²) in [5.74, 6) is 0.218. The van der Waals surface area contributed by atoms with Crippen LogP contribution in [-0.2, 0) is 9.59 Å². The molecule has 1 N–H and O–H groups in total. The highest BCUT2D eigenvalue weighted by molar-refractivity contribution is 6.51. The number of hydrogen-bond donors (Lipinski definition) is 1. The van der Waals surface area contributed by atoms with Gasteiger partial charge in [0.15, 0.2) is 11.5 Å². The van der Waals surface area contributed by atoms with Gasteiger partial charge < -0.3 is 19.3 Å². The van der Waals surface area contributed by atoms with Gasteiger partial charge in [0, 0.05) is 17.3 Å². The Morgan fingerprint density at radius 2 is 1.78 bits per heavy atom. The minimum Gasteiger partial charge on any atom is -0.507 e. The predicted octanol–water partition coefficient (Wildman–Crippen LogP) is 5.56. The number of amides is 1. The molecule has 5 rings (SSSR count). The monoisotopic (exact) mass is 485 g/mol. The highest BCUT2D eigenvalue weighted by Crippen LogP contribution is 2.45. The zero-order chi connectivity index (χ0) is 25.4. The van der Waals surface area contributed by atoms with E-state index >= 15 is 0 Å². The number of hydrogen-bond acceptors (Lipinski definition) is 6. The Morgan fingerprint density at radius 3 is 2.50 bits per heavy atom. The zero-order valence-electron chi connectivity index (χ0n) is 20.4. The molecule has 1 unspecified atom stereocenters. The summed E-state index contributed by atoms with van der Waals surface area (Å²) in [6, 6.07) is 18.8. The Bertz CT molecular complexity index is 1360. The Morgan fingerprint density at radius 1 is 1.03 bits per heavy atom. The van der Waals surface area contributed by atoms with Crippen LogP contribution in [0.25, 0.3) is 5.76 Å². The average Bonchev–Trinajstić information content (AvgIpc) is 3.46. The van der Waals surface area contributed by atoms with Crippen molar-refractivity contribution in [2.45, 2.75) is 32.7 Å². The molecule has 2 aliphatic heterocycles. The highest BCUT2D eigenvalue weighted by Gasteiger charge is 2.47. The molecule has 0 aromatic heterocycles. The molecule has 0 aliphatic carbocycles. The first kappa shape index (κ1) is 23.5. The fourth-order valence-corrected chi connectivity index (χ4v) is 4.67. The quantitative estimate of drug-likeness (QED) is 0.279. The fourth-order valence-electron chi connectivity index (χ4n) is 4.67. The van der Waals surface area contributed by atoms with E-state index in [1.54, 1.807) is 30.3 Å². The lowest BCUT2D eigenvalue weighted by Crippen LogP contribution is -2.29. The summed E-state index contributed by atoms with van der Waals surface area (Å²) in [5, 5.41) is 11.5. The van der Waals surface area contributed by atoms with E-state index in [0.717, 1.165) is 11.3 Å². The third-order valence-electron chi connectivity index (χ3n) is 6.40. The van der Waals surface area contributed by atoms with Gasteiger partial charge in [-0.2, -0.15) is 0 Å². The van der Waals surface area contributed by atoms with Crippen molar-refractivity contribution in [1.82, 2.24) is 0 Å². The van der Waals surface area contributed by atoms with Gasteiger partial charge in [-0.3, -0.25) is 14.5 Å². The Labute approximate surface area is 209 Å². The number of anilines is 1. The van der Waals surface area contributed by atoms with Crippen molar-refractivity contribution in [2.24, 2.45) is 0 Å². The molecule has 3 aromatic rings. The summed E-state index contributed by atoms with van der Waals surface area (Å²) in [6.45, 7) is 6.58. The lowest BCUT2D eigenvalue weighted by molar-refractivity contribution is -0.132. The zero-order valence-corrected chi connectivity index (χ0v) is 20.4. The third kappa shape index (κ3) is 3.96. The minimum absolute atomic E-state index is 0.0303. The summed E-state index contributed by atoms with van der Waals surface area (Å²) in [7, 11) is 0. The minimum atomic E-state index is -0.819. The van der Waals surface area contributed by atoms with E-state index in [1.807, 2.05) is 57.2 Å². The van der Waals surface area contributed by atoms with Gasteiger partial charge in [-0.25, -0.2) is 0 Å². The maximum Gasteiger partial charge on any atom is 0.300 e. The number of ketones is 1. The lowest BCUT2D eigenvalue weighted by Gasteiger charge is -2.25. The van der Waals surface area contributed by atoms with Crippen molar-refractivity contribution >= 4 is 23.1 Å². The van der Waals surface area contributed by atoms with Crippen molar-refractivity contribution in [3.63, 3.8) is 0 Å². The van der Waals surface area contributed by atoms with Crippen LogP contribution < -0.4 is 19.1 Å². The van der Waals surface area contributed by atoms with Crippen LogP contribution in [0.15, 0.2) is 72.3 Å². The van der Waals surface area contributed by atoms with Gasteiger partial charge in [0.05, 0.1) is 18.2 Å². The van der Waals surface area contributed by atoms with Gasteiger partial charge >= 0.3 is 0 Å².